The van der Waals surface area contributed by atoms with Gasteiger partial charge >= 0.3 is 0 Å². The molecule has 0 aromatic heterocycles. The van der Waals surface area contributed by atoms with Crippen LogP contribution < -0.4 is 5.32 Å². The Morgan fingerprint density at radius 2 is 1.69 bits per heavy atom. The highest BCUT2D eigenvalue weighted by atomic mass is 35.5. The van der Waals surface area contributed by atoms with E-state index < -0.39 is 68.6 Å². The number of carbonyl (C=O) groups excluding carboxylic acids is 1. The third-order valence-electron chi connectivity index (χ3n) is 7.33. The first kappa shape index (κ1) is 26.9. The fourth-order valence-electron chi connectivity index (χ4n) is 5.51. The van der Waals surface area contributed by atoms with Crippen molar-refractivity contribution in [3.8, 4) is 0 Å². The number of benzene rings is 2. The molecule has 12 heteroatoms. The van der Waals surface area contributed by atoms with Gasteiger partial charge in [0.2, 0.25) is 0 Å². The van der Waals surface area contributed by atoms with E-state index >= 15 is 0 Å². The van der Waals surface area contributed by atoms with Crippen LogP contribution >= 0.6 is 11.6 Å². The zero-order chi connectivity index (χ0) is 26.4. The highest BCUT2D eigenvalue weighted by molar-refractivity contribution is 7.92. The lowest BCUT2D eigenvalue weighted by Gasteiger charge is -2.43. The maximum Gasteiger partial charge on any atom is 0.255 e. The number of carbonyl (C=O) groups is 1. The highest BCUT2D eigenvalue weighted by Gasteiger charge is 2.56. The van der Waals surface area contributed by atoms with E-state index in [1.807, 2.05) is 0 Å². The van der Waals surface area contributed by atoms with Gasteiger partial charge in [-0.05, 0) is 55.7 Å². The molecule has 4 rings (SSSR count). The molecule has 2 aliphatic carbocycles. The average molecular weight is 548 g/mol. The summed E-state index contributed by atoms with van der Waals surface area (Å²) in [6, 6.07) is 4.72. The Kier molecular flexibility index (Phi) is 7.42. The monoisotopic (exact) mass is 547 g/mol. The van der Waals surface area contributed by atoms with Crippen LogP contribution in [0, 0.1) is 29.3 Å². The van der Waals surface area contributed by atoms with Crippen molar-refractivity contribution in [1.82, 2.24) is 0 Å². The molecule has 7 nitrogen and oxygen atoms in total. The van der Waals surface area contributed by atoms with Crippen LogP contribution in [0.15, 0.2) is 35.2 Å². The second kappa shape index (κ2) is 9.94. The summed E-state index contributed by atoms with van der Waals surface area (Å²) in [5, 5.41) is 31.4. The zero-order valence-corrected chi connectivity index (χ0v) is 20.5. The summed E-state index contributed by atoms with van der Waals surface area (Å²) in [4.78, 5) is 12.4. The van der Waals surface area contributed by atoms with Gasteiger partial charge in [0.25, 0.3) is 5.91 Å². The molecule has 1 amide bonds. The number of halogens is 4. The molecule has 0 radical (unpaired) electrons. The molecule has 2 aromatic carbocycles. The van der Waals surface area contributed by atoms with E-state index in [1.54, 1.807) is 0 Å². The summed E-state index contributed by atoms with van der Waals surface area (Å²) in [6.45, 7) is -0.509. The van der Waals surface area contributed by atoms with Gasteiger partial charge in [0, 0.05) is 29.8 Å². The van der Waals surface area contributed by atoms with Crippen LogP contribution in [0.3, 0.4) is 0 Å². The normalized spacial score (nSPS) is 26.6. The van der Waals surface area contributed by atoms with E-state index in [-0.39, 0.29) is 40.4 Å². The van der Waals surface area contributed by atoms with Crippen LogP contribution in [-0.4, -0.2) is 53.2 Å². The molecule has 4 unspecified atom stereocenters. The Balaban J connectivity index is 1.57. The van der Waals surface area contributed by atoms with E-state index in [0.717, 1.165) is 6.07 Å². The Labute approximate surface area is 210 Å². The summed E-state index contributed by atoms with van der Waals surface area (Å²) in [7, 11) is -4.06. The first-order chi connectivity index (χ1) is 16.9. The lowest BCUT2D eigenvalue weighted by Crippen LogP contribution is -2.50. The van der Waals surface area contributed by atoms with Crippen molar-refractivity contribution in [2.75, 3.05) is 11.9 Å². The number of aliphatic hydroxyl groups excluding tert-OH is 2. The third kappa shape index (κ3) is 4.87. The molecule has 2 aromatic rings. The van der Waals surface area contributed by atoms with E-state index in [4.69, 9.17) is 11.6 Å². The topological polar surface area (TPSA) is 124 Å². The molecule has 4 N–H and O–H groups in total. The summed E-state index contributed by atoms with van der Waals surface area (Å²) >= 11 is 6.19. The standard InChI is InChI=1S/C24H25ClF3NO6S/c25-18-4-1-12(23(32)29-15-8-19(26)22(28)20(27)9-15)5-21(18)36(34,35)17-6-13-2-3-14(7-17)24(13,33)10-16(31)11-30/h1,4-5,8-9,13-14,16-17,30-31,33H,2-3,6-7,10-11H2,(H,29,32)/t13-,14?,16?,17?,24?/m0/s1. The maximum atomic E-state index is 13.5. The highest BCUT2D eigenvalue weighted by Crippen LogP contribution is 2.54. The predicted octanol–water partition coefficient (Wildman–Crippen LogP) is 3.45. The zero-order valence-electron chi connectivity index (χ0n) is 18.9. The van der Waals surface area contributed by atoms with Gasteiger partial charge in [-0.2, -0.15) is 0 Å². The van der Waals surface area contributed by atoms with Crippen LogP contribution in [0.5, 0.6) is 0 Å². The van der Waals surface area contributed by atoms with Gasteiger partial charge < -0.3 is 20.6 Å². The van der Waals surface area contributed by atoms with Crippen LogP contribution in [0.25, 0.3) is 0 Å². The quantitative estimate of drug-likeness (QED) is 0.394. The Bertz CT molecular complexity index is 1250. The van der Waals surface area contributed by atoms with Crippen molar-refractivity contribution in [3.05, 3.63) is 58.4 Å². The molecule has 2 aliphatic rings. The molecule has 0 spiro atoms. The minimum atomic E-state index is -4.06. The molecular formula is C24H25ClF3NO6S. The molecule has 5 atom stereocenters. The first-order valence-corrected chi connectivity index (χ1v) is 13.3. The van der Waals surface area contributed by atoms with Gasteiger partial charge in [-0.1, -0.05) is 11.6 Å². The van der Waals surface area contributed by atoms with Gasteiger partial charge in [0.1, 0.15) is 0 Å². The first-order valence-electron chi connectivity index (χ1n) is 11.4. The van der Waals surface area contributed by atoms with Crippen LogP contribution in [0.1, 0.15) is 42.5 Å². The van der Waals surface area contributed by atoms with Crippen molar-refractivity contribution < 1.29 is 41.7 Å². The van der Waals surface area contributed by atoms with E-state index in [1.165, 1.54) is 12.1 Å². The van der Waals surface area contributed by atoms with Gasteiger partial charge in [0.05, 0.1) is 33.5 Å². The van der Waals surface area contributed by atoms with Crippen LogP contribution in [0.2, 0.25) is 5.02 Å². The fourth-order valence-corrected chi connectivity index (χ4v) is 7.91. The minimum Gasteiger partial charge on any atom is -0.394 e. The van der Waals surface area contributed by atoms with E-state index in [0.29, 0.717) is 25.0 Å². The predicted molar refractivity (Wildman–Crippen MR) is 125 cm³/mol. The Morgan fingerprint density at radius 3 is 2.25 bits per heavy atom. The molecule has 2 fully saturated rings. The van der Waals surface area contributed by atoms with Gasteiger partial charge in [-0.25, -0.2) is 21.6 Å². The minimum absolute atomic E-state index is 0.0490. The van der Waals surface area contributed by atoms with Crippen molar-refractivity contribution in [3.63, 3.8) is 0 Å². The molecular weight excluding hydrogens is 523 g/mol. The van der Waals surface area contributed by atoms with Crippen molar-refractivity contribution in [1.29, 1.82) is 0 Å². The van der Waals surface area contributed by atoms with Gasteiger partial charge in [-0.15, -0.1) is 0 Å². The lowest BCUT2D eigenvalue weighted by atomic mass is 9.71. The number of nitrogens with one attached hydrogen (secondary N) is 1. The number of sulfone groups is 1. The smallest absolute Gasteiger partial charge is 0.255 e. The number of rotatable bonds is 7. The Morgan fingerprint density at radius 1 is 1.11 bits per heavy atom. The number of fused-ring (bicyclic) bond motifs is 2. The lowest BCUT2D eigenvalue weighted by molar-refractivity contribution is -0.0953. The van der Waals surface area contributed by atoms with Crippen molar-refractivity contribution in [2.24, 2.45) is 11.8 Å². The molecule has 196 valence electrons. The van der Waals surface area contributed by atoms with Crippen molar-refractivity contribution in [2.45, 2.75) is 54.0 Å². The van der Waals surface area contributed by atoms with Crippen molar-refractivity contribution >= 4 is 33.0 Å². The van der Waals surface area contributed by atoms with Crippen LogP contribution in [-0.2, 0) is 9.84 Å². The van der Waals surface area contributed by atoms with E-state index in [2.05, 4.69) is 5.32 Å². The second-order valence-electron chi connectivity index (χ2n) is 9.49. The summed E-state index contributed by atoms with van der Waals surface area (Å²) < 4.78 is 67.2. The second-order valence-corrected chi connectivity index (χ2v) is 12.1. The third-order valence-corrected chi connectivity index (χ3v) is 9.98. The number of hydrogen-bond acceptors (Lipinski definition) is 6. The number of hydrogen-bond donors (Lipinski definition) is 4. The maximum absolute atomic E-state index is 13.5. The Hall–Kier alpha value is -2.18. The van der Waals surface area contributed by atoms with Gasteiger partial charge in [0.15, 0.2) is 27.3 Å². The summed E-state index contributed by atoms with van der Waals surface area (Å²) in [5.74, 6) is -6.36. The van der Waals surface area contributed by atoms with Gasteiger partial charge in [-0.3, -0.25) is 4.79 Å². The number of anilines is 1. The largest absolute Gasteiger partial charge is 0.394 e. The molecule has 0 saturated heterocycles. The molecule has 0 aliphatic heterocycles. The average Bonchev–Trinajstić information content (AvgIpc) is 2.98. The van der Waals surface area contributed by atoms with Crippen LogP contribution in [0.4, 0.5) is 18.9 Å². The SMILES string of the molecule is O=C(Nc1cc(F)c(F)c(F)c1)c1ccc(Cl)c(S(=O)(=O)C2CC3CC[C@@H](C2)C3(O)CC(O)CO)c1. The summed E-state index contributed by atoms with van der Waals surface area (Å²) in [6.07, 6.45) is 0.229. The molecule has 36 heavy (non-hydrogen) atoms. The number of aliphatic hydroxyl groups is 3. The fraction of sp³-hybridized carbons (Fsp3) is 0.458. The summed E-state index contributed by atoms with van der Waals surface area (Å²) in [5.41, 5.74) is -1.78. The molecule has 2 saturated carbocycles. The number of amides is 1. The molecule has 2 bridgehead atoms. The molecule has 0 heterocycles. The van der Waals surface area contributed by atoms with E-state index in [9.17, 15) is 41.7 Å².